The molecule has 1 fully saturated rings. The summed E-state index contributed by atoms with van der Waals surface area (Å²) in [6, 6.07) is 7.33. The average molecular weight is 277 g/mol. The van der Waals surface area contributed by atoms with Crippen molar-refractivity contribution in [1.82, 2.24) is 0 Å². The maximum Gasteiger partial charge on any atom is 0.323 e. The van der Waals surface area contributed by atoms with Gasteiger partial charge in [-0.3, -0.25) is 9.59 Å². The van der Waals surface area contributed by atoms with E-state index in [1.165, 1.54) is 4.90 Å². The van der Waals surface area contributed by atoms with Crippen LogP contribution in [0.5, 0.6) is 0 Å². The highest BCUT2D eigenvalue weighted by atomic mass is 16.5. The monoisotopic (exact) mass is 277 g/mol. The molecule has 1 N–H and O–H groups in total. The largest absolute Gasteiger partial charge is 0.480 e. The zero-order valence-corrected chi connectivity index (χ0v) is 11.5. The van der Waals surface area contributed by atoms with Crippen molar-refractivity contribution in [2.75, 3.05) is 24.7 Å². The Kier molecular flexibility index (Phi) is 4.74. The molecule has 0 aliphatic carbocycles. The Morgan fingerprint density at radius 3 is 2.40 bits per heavy atom. The van der Waals surface area contributed by atoms with E-state index >= 15 is 0 Å². The minimum absolute atomic E-state index is 0.125. The van der Waals surface area contributed by atoms with Crippen molar-refractivity contribution in [3.8, 4) is 0 Å². The number of benzene rings is 1. The number of carboxylic acid groups (broad SMARTS) is 1. The SMILES string of the molecule is Cc1ccc(N(CC(=O)O)C(=O)C2CCOCC2)cc1. The number of ether oxygens (including phenoxy) is 1. The summed E-state index contributed by atoms with van der Waals surface area (Å²) in [5.74, 6) is -1.28. The number of aryl methyl sites for hydroxylation is 1. The van der Waals surface area contributed by atoms with Crippen molar-refractivity contribution in [3.63, 3.8) is 0 Å². The van der Waals surface area contributed by atoms with Crippen LogP contribution < -0.4 is 4.90 Å². The number of hydrogen-bond acceptors (Lipinski definition) is 3. The number of carboxylic acids is 1. The van der Waals surface area contributed by atoms with Gasteiger partial charge in [-0.2, -0.15) is 0 Å². The van der Waals surface area contributed by atoms with Gasteiger partial charge in [-0.15, -0.1) is 0 Å². The maximum absolute atomic E-state index is 12.5. The second-order valence-electron chi connectivity index (χ2n) is 5.04. The fraction of sp³-hybridized carbons (Fsp3) is 0.467. The van der Waals surface area contributed by atoms with Gasteiger partial charge in [0.25, 0.3) is 0 Å². The quantitative estimate of drug-likeness (QED) is 0.912. The number of aliphatic carboxylic acids is 1. The van der Waals surface area contributed by atoms with Crippen molar-refractivity contribution in [3.05, 3.63) is 29.8 Å². The van der Waals surface area contributed by atoms with Crippen LogP contribution in [0.1, 0.15) is 18.4 Å². The average Bonchev–Trinajstić information content (AvgIpc) is 2.46. The van der Waals surface area contributed by atoms with Crippen LogP contribution in [-0.2, 0) is 14.3 Å². The van der Waals surface area contributed by atoms with Gasteiger partial charge in [0, 0.05) is 24.8 Å². The molecule has 20 heavy (non-hydrogen) atoms. The normalized spacial score (nSPS) is 15.8. The Morgan fingerprint density at radius 2 is 1.85 bits per heavy atom. The van der Waals surface area contributed by atoms with Crippen molar-refractivity contribution >= 4 is 17.6 Å². The molecule has 0 aromatic heterocycles. The lowest BCUT2D eigenvalue weighted by Gasteiger charge is -2.28. The lowest BCUT2D eigenvalue weighted by Crippen LogP contribution is -2.41. The number of amides is 1. The Labute approximate surface area is 118 Å². The number of carbonyl (C=O) groups is 2. The first-order valence-electron chi connectivity index (χ1n) is 6.75. The highest BCUT2D eigenvalue weighted by molar-refractivity contribution is 5.98. The van der Waals surface area contributed by atoms with E-state index in [0.717, 1.165) is 5.56 Å². The van der Waals surface area contributed by atoms with Crippen LogP contribution in [0.3, 0.4) is 0 Å². The predicted molar refractivity (Wildman–Crippen MR) is 74.7 cm³/mol. The molecule has 5 nitrogen and oxygen atoms in total. The fourth-order valence-corrected chi connectivity index (χ4v) is 2.32. The molecule has 1 saturated heterocycles. The highest BCUT2D eigenvalue weighted by Gasteiger charge is 2.28. The molecule has 0 radical (unpaired) electrons. The Bertz CT molecular complexity index is 477. The van der Waals surface area contributed by atoms with Crippen LogP contribution in [-0.4, -0.2) is 36.7 Å². The second kappa shape index (κ2) is 6.52. The van der Waals surface area contributed by atoms with E-state index in [2.05, 4.69) is 0 Å². The van der Waals surface area contributed by atoms with Crippen LogP contribution in [0.2, 0.25) is 0 Å². The minimum atomic E-state index is -1.01. The molecule has 1 aromatic rings. The zero-order valence-electron chi connectivity index (χ0n) is 11.5. The number of nitrogens with zero attached hydrogens (tertiary/aromatic N) is 1. The summed E-state index contributed by atoms with van der Waals surface area (Å²) in [5, 5.41) is 9.03. The van der Waals surface area contributed by atoms with Gasteiger partial charge in [0.1, 0.15) is 6.54 Å². The molecule has 1 aliphatic heterocycles. The Balaban J connectivity index is 2.19. The molecule has 1 aromatic carbocycles. The lowest BCUT2D eigenvalue weighted by atomic mass is 9.98. The minimum Gasteiger partial charge on any atom is -0.480 e. The molecule has 1 aliphatic rings. The summed E-state index contributed by atoms with van der Waals surface area (Å²) in [6.07, 6.45) is 1.31. The van der Waals surface area contributed by atoms with E-state index in [1.54, 1.807) is 12.1 Å². The van der Waals surface area contributed by atoms with Gasteiger partial charge in [0.2, 0.25) is 5.91 Å². The molecule has 2 rings (SSSR count). The van der Waals surface area contributed by atoms with Gasteiger partial charge < -0.3 is 14.7 Å². The molecular formula is C15H19NO4. The summed E-state index contributed by atoms with van der Waals surface area (Å²) in [6.45, 7) is 2.77. The number of rotatable bonds is 4. The highest BCUT2D eigenvalue weighted by Crippen LogP contribution is 2.22. The van der Waals surface area contributed by atoms with Crippen LogP contribution >= 0.6 is 0 Å². The van der Waals surface area contributed by atoms with Crippen LogP contribution in [0.15, 0.2) is 24.3 Å². The fourth-order valence-electron chi connectivity index (χ4n) is 2.32. The van der Waals surface area contributed by atoms with Crippen molar-refractivity contribution in [1.29, 1.82) is 0 Å². The summed E-state index contributed by atoms with van der Waals surface area (Å²) in [7, 11) is 0. The van der Waals surface area contributed by atoms with E-state index in [-0.39, 0.29) is 18.4 Å². The molecule has 0 unspecified atom stereocenters. The predicted octanol–water partition coefficient (Wildman–Crippen LogP) is 1.84. The molecule has 0 spiro atoms. The molecule has 0 bridgehead atoms. The third-order valence-corrected chi connectivity index (χ3v) is 3.48. The van der Waals surface area contributed by atoms with Gasteiger partial charge in [-0.1, -0.05) is 17.7 Å². The van der Waals surface area contributed by atoms with Gasteiger partial charge >= 0.3 is 5.97 Å². The van der Waals surface area contributed by atoms with E-state index in [0.29, 0.717) is 31.7 Å². The standard InChI is InChI=1S/C15H19NO4/c1-11-2-4-13(5-3-11)16(10-14(17)18)15(19)12-6-8-20-9-7-12/h2-5,12H,6-10H2,1H3,(H,17,18). The summed E-state index contributed by atoms with van der Waals surface area (Å²) < 4.78 is 5.25. The zero-order chi connectivity index (χ0) is 14.5. The van der Waals surface area contributed by atoms with Gasteiger partial charge in [0.15, 0.2) is 0 Å². The van der Waals surface area contributed by atoms with Gasteiger partial charge in [0.05, 0.1) is 0 Å². The van der Waals surface area contributed by atoms with Crippen LogP contribution in [0.4, 0.5) is 5.69 Å². The first-order valence-corrected chi connectivity index (χ1v) is 6.75. The number of carbonyl (C=O) groups excluding carboxylic acids is 1. The van der Waals surface area contributed by atoms with E-state index in [9.17, 15) is 9.59 Å². The molecule has 1 amide bonds. The van der Waals surface area contributed by atoms with Crippen molar-refractivity contribution in [2.45, 2.75) is 19.8 Å². The van der Waals surface area contributed by atoms with Crippen molar-refractivity contribution in [2.24, 2.45) is 5.92 Å². The van der Waals surface area contributed by atoms with E-state index < -0.39 is 5.97 Å². The van der Waals surface area contributed by atoms with E-state index in [4.69, 9.17) is 9.84 Å². The molecule has 108 valence electrons. The first-order chi connectivity index (χ1) is 9.58. The number of anilines is 1. The number of hydrogen-bond donors (Lipinski definition) is 1. The Morgan fingerprint density at radius 1 is 1.25 bits per heavy atom. The summed E-state index contributed by atoms with van der Waals surface area (Å²) >= 11 is 0. The summed E-state index contributed by atoms with van der Waals surface area (Å²) in [5.41, 5.74) is 1.71. The first kappa shape index (κ1) is 14.5. The van der Waals surface area contributed by atoms with Crippen molar-refractivity contribution < 1.29 is 19.4 Å². The second-order valence-corrected chi connectivity index (χ2v) is 5.04. The molecular weight excluding hydrogens is 258 g/mol. The van der Waals surface area contributed by atoms with Gasteiger partial charge in [-0.05, 0) is 31.9 Å². The molecule has 5 heteroatoms. The Hall–Kier alpha value is -1.88. The molecule has 1 heterocycles. The summed E-state index contributed by atoms with van der Waals surface area (Å²) in [4.78, 5) is 24.9. The van der Waals surface area contributed by atoms with Crippen LogP contribution in [0.25, 0.3) is 0 Å². The third-order valence-electron chi connectivity index (χ3n) is 3.48. The topological polar surface area (TPSA) is 66.8 Å². The smallest absolute Gasteiger partial charge is 0.323 e. The molecule has 0 atom stereocenters. The maximum atomic E-state index is 12.5. The van der Waals surface area contributed by atoms with Gasteiger partial charge in [-0.25, -0.2) is 0 Å². The third kappa shape index (κ3) is 3.57. The molecule has 0 saturated carbocycles. The lowest BCUT2D eigenvalue weighted by molar-refractivity contribution is -0.137. The van der Waals surface area contributed by atoms with E-state index in [1.807, 2.05) is 19.1 Å². The van der Waals surface area contributed by atoms with Crippen LogP contribution in [0, 0.1) is 12.8 Å².